The van der Waals surface area contributed by atoms with Crippen molar-refractivity contribution in [1.29, 1.82) is 0 Å². The first-order valence-corrected chi connectivity index (χ1v) is 10.1. The molecule has 0 radical (unpaired) electrons. The van der Waals surface area contributed by atoms with Gasteiger partial charge in [-0.05, 0) is 46.6 Å². The van der Waals surface area contributed by atoms with Crippen molar-refractivity contribution < 1.29 is 23.2 Å². The Morgan fingerprint density at radius 3 is 2.46 bits per heavy atom. The zero-order chi connectivity index (χ0) is 18.6. The van der Waals surface area contributed by atoms with Gasteiger partial charge in [0.25, 0.3) is 0 Å². The van der Waals surface area contributed by atoms with E-state index in [1.165, 1.54) is 12.1 Å². The molecule has 1 aliphatic heterocycles. The van der Waals surface area contributed by atoms with E-state index in [1.807, 2.05) is 30.3 Å². The summed E-state index contributed by atoms with van der Waals surface area (Å²) in [5, 5.41) is 0. The fourth-order valence-electron chi connectivity index (χ4n) is 3.16. The van der Waals surface area contributed by atoms with Crippen LogP contribution in [0.3, 0.4) is 0 Å². The van der Waals surface area contributed by atoms with E-state index in [0.717, 1.165) is 16.0 Å². The molecule has 6 heteroatoms. The molecule has 1 atom stereocenters. The molecule has 3 rings (SSSR count). The van der Waals surface area contributed by atoms with Crippen LogP contribution in [0, 0.1) is 5.82 Å². The van der Waals surface area contributed by atoms with Gasteiger partial charge >= 0.3 is 0 Å². The minimum atomic E-state index is -1.01. The molecule has 0 saturated carbocycles. The van der Waals surface area contributed by atoms with Crippen LogP contribution in [0.4, 0.5) is 4.39 Å². The summed E-state index contributed by atoms with van der Waals surface area (Å²) >= 11 is -1.01. The minimum Gasteiger partial charge on any atom is -0.612 e. The summed E-state index contributed by atoms with van der Waals surface area (Å²) in [7, 11) is 1.65. The summed E-state index contributed by atoms with van der Waals surface area (Å²) in [6, 6.07) is 12.1. The average molecular weight is 378 g/mol. The highest BCUT2D eigenvalue weighted by molar-refractivity contribution is 7.90. The normalized spacial score (nSPS) is 17.7. The molecule has 1 saturated heterocycles. The molecular formula is C20H23FO4S. The first kappa shape index (κ1) is 19.2. The molecule has 4 nitrogen and oxygen atoms in total. The van der Waals surface area contributed by atoms with E-state index in [1.54, 1.807) is 13.4 Å². The van der Waals surface area contributed by atoms with Gasteiger partial charge in [0.2, 0.25) is 0 Å². The Labute approximate surface area is 156 Å². The standard InChI is InChI=1S/C20H23FO4S/c1-23-20(7-9-24-10-8-20)16-11-17(21)13-18(12-16)25-14-15-3-5-19(6-4-15)26(2)22/h3-6,11-13H,7-10,14H2,1-2H3. The maximum Gasteiger partial charge on any atom is 0.152 e. The number of hydrogen-bond acceptors (Lipinski definition) is 4. The Hall–Kier alpha value is -1.60. The number of rotatable bonds is 6. The van der Waals surface area contributed by atoms with Crippen molar-refractivity contribution in [3.05, 3.63) is 59.4 Å². The highest BCUT2D eigenvalue weighted by atomic mass is 32.2. The van der Waals surface area contributed by atoms with Crippen LogP contribution in [0.5, 0.6) is 5.75 Å². The second-order valence-corrected chi connectivity index (χ2v) is 7.75. The molecule has 2 aromatic carbocycles. The smallest absolute Gasteiger partial charge is 0.152 e. The van der Waals surface area contributed by atoms with Crippen LogP contribution in [-0.4, -0.2) is 31.1 Å². The quantitative estimate of drug-likeness (QED) is 0.718. The third-order valence-corrected chi connectivity index (χ3v) is 5.69. The van der Waals surface area contributed by atoms with E-state index in [2.05, 4.69) is 0 Å². The summed E-state index contributed by atoms with van der Waals surface area (Å²) in [6.45, 7) is 1.49. The molecule has 0 aliphatic carbocycles. The van der Waals surface area contributed by atoms with Crippen molar-refractivity contribution in [3.63, 3.8) is 0 Å². The molecule has 0 spiro atoms. The lowest BCUT2D eigenvalue weighted by Crippen LogP contribution is -2.35. The number of benzene rings is 2. The SMILES string of the molecule is COC1(c2cc(F)cc(OCc3ccc([S+](C)[O-])cc3)c2)CCOCC1. The monoisotopic (exact) mass is 378 g/mol. The van der Waals surface area contributed by atoms with Crippen LogP contribution in [-0.2, 0) is 32.9 Å². The average Bonchev–Trinajstić information content (AvgIpc) is 2.67. The van der Waals surface area contributed by atoms with Crippen LogP contribution in [0.1, 0.15) is 24.0 Å². The van der Waals surface area contributed by atoms with E-state index in [4.69, 9.17) is 14.2 Å². The van der Waals surface area contributed by atoms with Gasteiger partial charge < -0.3 is 18.8 Å². The second kappa shape index (κ2) is 8.39. The Balaban J connectivity index is 1.75. The highest BCUT2D eigenvalue weighted by Crippen LogP contribution is 2.37. The molecule has 0 bridgehead atoms. The zero-order valence-electron chi connectivity index (χ0n) is 15.0. The van der Waals surface area contributed by atoms with Gasteiger partial charge in [-0.2, -0.15) is 0 Å². The van der Waals surface area contributed by atoms with Crippen molar-refractivity contribution >= 4 is 11.2 Å². The van der Waals surface area contributed by atoms with Gasteiger partial charge in [0.05, 0.1) is 5.60 Å². The van der Waals surface area contributed by atoms with Gasteiger partial charge in [0.15, 0.2) is 4.90 Å². The van der Waals surface area contributed by atoms with E-state index in [0.29, 0.717) is 38.4 Å². The van der Waals surface area contributed by atoms with E-state index < -0.39 is 16.8 Å². The molecule has 1 fully saturated rings. The number of methoxy groups -OCH3 is 1. The largest absolute Gasteiger partial charge is 0.612 e. The molecule has 2 aromatic rings. The predicted molar refractivity (Wildman–Crippen MR) is 98.2 cm³/mol. The molecule has 140 valence electrons. The summed E-state index contributed by atoms with van der Waals surface area (Å²) < 4.78 is 42.5. The zero-order valence-corrected chi connectivity index (χ0v) is 15.8. The first-order chi connectivity index (χ1) is 12.5. The molecule has 0 N–H and O–H groups in total. The summed E-state index contributed by atoms with van der Waals surface area (Å²) in [6.07, 6.45) is 3.01. The highest BCUT2D eigenvalue weighted by Gasteiger charge is 2.35. The predicted octanol–water partition coefficient (Wildman–Crippen LogP) is 3.79. The maximum atomic E-state index is 14.2. The Bertz CT molecular complexity index is 727. The lowest BCUT2D eigenvalue weighted by atomic mass is 9.86. The third-order valence-electron chi connectivity index (χ3n) is 4.75. The fourth-order valence-corrected chi connectivity index (χ4v) is 3.68. The summed E-state index contributed by atoms with van der Waals surface area (Å²) in [4.78, 5) is 0.767. The van der Waals surface area contributed by atoms with Crippen LogP contribution >= 0.6 is 0 Å². The van der Waals surface area contributed by atoms with E-state index >= 15 is 0 Å². The van der Waals surface area contributed by atoms with Gasteiger partial charge in [-0.1, -0.05) is 12.1 Å². The topological polar surface area (TPSA) is 50.8 Å². The second-order valence-electron chi connectivity index (χ2n) is 6.37. The van der Waals surface area contributed by atoms with Crippen molar-refractivity contribution in [2.24, 2.45) is 0 Å². The summed E-state index contributed by atoms with van der Waals surface area (Å²) in [5.41, 5.74) is 1.17. The Morgan fingerprint density at radius 1 is 1.15 bits per heavy atom. The molecule has 0 aromatic heterocycles. The number of halogens is 1. The lowest BCUT2D eigenvalue weighted by Gasteiger charge is -2.36. The first-order valence-electron chi connectivity index (χ1n) is 8.51. The molecule has 1 heterocycles. The molecule has 0 amide bonds. The van der Waals surface area contributed by atoms with Gasteiger partial charge in [-0.15, -0.1) is 0 Å². The van der Waals surface area contributed by atoms with Crippen LogP contribution in [0.15, 0.2) is 47.4 Å². The van der Waals surface area contributed by atoms with Crippen molar-refractivity contribution in [1.82, 2.24) is 0 Å². The van der Waals surface area contributed by atoms with Gasteiger partial charge in [0.1, 0.15) is 24.4 Å². The Kier molecular flexibility index (Phi) is 6.19. The molecule has 26 heavy (non-hydrogen) atoms. The third kappa shape index (κ3) is 4.38. The lowest BCUT2D eigenvalue weighted by molar-refractivity contribution is -0.0950. The van der Waals surface area contributed by atoms with Crippen molar-refractivity contribution in [3.8, 4) is 5.75 Å². The number of ether oxygens (including phenoxy) is 3. The minimum absolute atomic E-state index is 0.308. The van der Waals surface area contributed by atoms with E-state index in [9.17, 15) is 8.94 Å². The van der Waals surface area contributed by atoms with Crippen LogP contribution in [0.2, 0.25) is 0 Å². The van der Waals surface area contributed by atoms with Crippen molar-refractivity contribution in [2.75, 3.05) is 26.6 Å². The Morgan fingerprint density at radius 2 is 1.85 bits per heavy atom. The van der Waals surface area contributed by atoms with Gasteiger partial charge in [-0.25, -0.2) is 4.39 Å². The van der Waals surface area contributed by atoms with Gasteiger partial charge in [-0.3, -0.25) is 0 Å². The van der Waals surface area contributed by atoms with Crippen LogP contribution < -0.4 is 4.74 Å². The number of hydrogen-bond donors (Lipinski definition) is 0. The van der Waals surface area contributed by atoms with Crippen molar-refractivity contribution in [2.45, 2.75) is 29.9 Å². The molecular weight excluding hydrogens is 355 g/mol. The van der Waals surface area contributed by atoms with Crippen LogP contribution in [0.25, 0.3) is 0 Å². The molecule has 1 unspecified atom stereocenters. The summed E-state index contributed by atoms with van der Waals surface area (Å²) in [5.74, 6) is 0.114. The maximum absolute atomic E-state index is 14.2. The van der Waals surface area contributed by atoms with Gasteiger partial charge in [0, 0.05) is 39.2 Å². The van der Waals surface area contributed by atoms with E-state index in [-0.39, 0.29) is 5.82 Å². The fraction of sp³-hybridized carbons (Fsp3) is 0.400. The molecule has 1 aliphatic rings.